The quantitative estimate of drug-likeness (QED) is 0.182. The molecule has 28 heavy (non-hydrogen) atoms. The number of imidazole rings is 1. The van der Waals surface area contributed by atoms with Crippen molar-refractivity contribution in [2.75, 3.05) is 12.3 Å². The second-order valence-corrected chi connectivity index (χ2v) is 7.74. The first-order chi connectivity index (χ1) is 12.8. The van der Waals surface area contributed by atoms with E-state index in [1.54, 1.807) is 0 Å². The summed E-state index contributed by atoms with van der Waals surface area (Å²) in [5.41, 5.74) is 6.44. The Hall–Kier alpha value is -1.79. The van der Waals surface area contributed by atoms with E-state index in [4.69, 9.17) is 29.9 Å². The van der Waals surface area contributed by atoms with E-state index in [-0.39, 0.29) is 5.82 Å². The highest BCUT2D eigenvalue weighted by Gasteiger charge is 2.43. The number of fused-ring (bicyclic) bond motifs is 1. The molecule has 1 aliphatic heterocycles. The monoisotopic (exact) mass is 445 g/mol. The molecule has 0 aromatic carbocycles. The summed E-state index contributed by atoms with van der Waals surface area (Å²) in [6, 6.07) is 0. The zero-order valence-corrected chi connectivity index (χ0v) is 15.3. The van der Waals surface area contributed by atoms with Crippen LogP contribution >= 0.6 is 7.82 Å². The number of nitrogen functional groups attached to an aromatic ring is 1. The average molecular weight is 445 g/mol. The Morgan fingerprint density at radius 2 is 1.89 bits per heavy atom. The van der Waals surface area contributed by atoms with Crippen molar-refractivity contribution in [2.24, 2.45) is 0 Å². The van der Waals surface area contributed by atoms with Crippen LogP contribution in [0.15, 0.2) is 12.7 Å². The molecule has 18 heteroatoms. The SMILES string of the molecule is Nc1ncnc2c1ncn2[C@@H]1O[C@H](CO)[C@@H](O)[C@H]1O.O=P(O)(O)OS(=O)(=O)O. The molecule has 0 aliphatic carbocycles. The molecule has 0 saturated carbocycles. The molecule has 3 rings (SSSR count). The number of nitrogens with zero attached hydrogens (tertiary/aromatic N) is 4. The predicted molar refractivity (Wildman–Crippen MR) is 87.4 cm³/mol. The standard InChI is InChI=1S/C10H13N5O4.H3O7PS/c11-8-5-9(13-2-12-8)15(3-14-5)10-7(18)6(17)4(1-16)19-10;1-8(2,3)7-9(4,5)6/h2-4,6-7,10,16-18H,1H2,(H2,11,12,13);(H2,1,2,3)(H,4,5,6)/t4-,6-,7-,10-;/m1./s1. The summed E-state index contributed by atoms with van der Waals surface area (Å²) < 4.78 is 45.8. The van der Waals surface area contributed by atoms with Crippen LogP contribution in [0, 0.1) is 0 Å². The maximum absolute atomic E-state index is 9.95. The van der Waals surface area contributed by atoms with Crippen molar-refractivity contribution in [3.05, 3.63) is 12.7 Å². The first-order valence-electron chi connectivity index (χ1n) is 7.13. The summed E-state index contributed by atoms with van der Waals surface area (Å²) in [4.78, 5) is 27.3. The fraction of sp³-hybridized carbons (Fsp3) is 0.500. The molecule has 4 atom stereocenters. The van der Waals surface area contributed by atoms with Crippen molar-refractivity contribution in [2.45, 2.75) is 24.5 Å². The van der Waals surface area contributed by atoms with Crippen molar-refractivity contribution >= 4 is 35.2 Å². The van der Waals surface area contributed by atoms with E-state index in [2.05, 4.69) is 18.9 Å². The molecule has 0 amide bonds. The third-order valence-electron chi connectivity index (χ3n) is 3.37. The van der Waals surface area contributed by atoms with E-state index >= 15 is 0 Å². The van der Waals surface area contributed by atoms with Crippen LogP contribution in [0.2, 0.25) is 0 Å². The highest BCUT2D eigenvalue weighted by atomic mass is 32.3. The van der Waals surface area contributed by atoms with E-state index in [1.165, 1.54) is 17.2 Å². The minimum absolute atomic E-state index is 0.218. The highest BCUT2D eigenvalue weighted by Crippen LogP contribution is 2.37. The molecule has 158 valence electrons. The van der Waals surface area contributed by atoms with Crippen molar-refractivity contribution < 1.29 is 51.3 Å². The van der Waals surface area contributed by atoms with Crippen molar-refractivity contribution in [1.29, 1.82) is 0 Å². The summed E-state index contributed by atoms with van der Waals surface area (Å²) in [6.07, 6.45) is -1.42. The molecule has 0 unspecified atom stereocenters. The van der Waals surface area contributed by atoms with Gasteiger partial charge >= 0.3 is 18.2 Å². The number of nitrogens with two attached hydrogens (primary N) is 1. The maximum Gasteiger partial charge on any atom is 0.486 e. The molecule has 1 aliphatic rings. The Kier molecular flexibility index (Phi) is 6.66. The van der Waals surface area contributed by atoms with Gasteiger partial charge in [-0.2, -0.15) is 8.42 Å². The molecule has 0 bridgehead atoms. The lowest BCUT2D eigenvalue weighted by molar-refractivity contribution is -0.0511. The third-order valence-corrected chi connectivity index (χ3v) is 4.90. The minimum atomic E-state index is -5.13. The van der Waals surface area contributed by atoms with E-state index in [9.17, 15) is 23.2 Å². The van der Waals surface area contributed by atoms with Gasteiger partial charge in [-0.15, -0.1) is 3.97 Å². The van der Waals surface area contributed by atoms with Gasteiger partial charge in [-0.3, -0.25) is 9.12 Å². The van der Waals surface area contributed by atoms with Crippen molar-refractivity contribution in [1.82, 2.24) is 19.5 Å². The molecule has 2 aromatic rings. The highest BCUT2D eigenvalue weighted by molar-refractivity contribution is 7.85. The maximum atomic E-state index is 9.95. The number of rotatable bonds is 4. The number of hydrogen-bond donors (Lipinski definition) is 7. The molecule has 1 fully saturated rings. The lowest BCUT2D eigenvalue weighted by atomic mass is 10.1. The molecule has 8 N–H and O–H groups in total. The van der Waals surface area contributed by atoms with Crippen LogP contribution in [0.3, 0.4) is 0 Å². The molecule has 2 aromatic heterocycles. The molecular formula is C10H16N5O11PS. The number of anilines is 1. The first-order valence-corrected chi connectivity index (χ1v) is 10.0. The Morgan fingerprint density at radius 3 is 2.36 bits per heavy atom. The van der Waals surface area contributed by atoms with Gasteiger partial charge in [-0.1, -0.05) is 0 Å². The van der Waals surface area contributed by atoms with Crippen LogP contribution in [-0.2, 0) is 23.7 Å². The second kappa shape index (κ2) is 8.29. The summed E-state index contributed by atoms with van der Waals surface area (Å²) in [5, 5.41) is 28.7. The lowest BCUT2D eigenvalue weighted by Crippen LogP contribution is -2.33. The van der Waals surface area contributed by atoms with Gasteiger partial charge in [-0.05, 0) is 0 Å². The normalized spacial score (nSPS) is 25.5. The summed E-state index contributed by atoms with van der Waals surface area (Å²) in [6.45, 7) is -0.390. The van der Waals surface area contributed by atoms with Gasteiger partial charge in [0.2, 0.25) is 0 Å². The molecule has 16 nitrogen and oxygen atoms in total. The van der Waals surface area contributed by atoms with Crippen LogP contribution in [0.5, 0.6) is 0 Å². The number of aliphatic hydroxyl groups excluding tert-OH is 3. The number of phosphoric acid groups is 1. The Balaban J connectivity index is 0.000000266. The zero-order chi connectivity index (χ0) is 21.3. The largest absolute Gasteiger partial charge is 0.486 e. The van der Waals surface area contributed by atoms with Crippen LogP contribution in [0.25, 0.3) is 11.2 Å². The predicted octanol–water partition coefficient (Wildman–Crippen LogP) is -3.08. The topological polar surface area (TPSA) is 261 Å². The van der Waals surface area contributed by atoms with Crippen molar-refractivity contribution in [3.63, 3.8) is 0 Å². The van der Waals surface area contributed by atoms with Gasteiger partial charge in [0.1, 0.15) is 30.2 Å². The number of aromatic nitrogens is 4. The van der Waals surface area contributed by atoms with E-state index in [0.29, 0.717) is 11.2 Å². The Labute approximate surface area is 156 Å². The smallest absolute Gasteiger partial charge is 0.394 e. The molecule has 3 heterocycles. The molecule has 1 saturated heterocycles. The molecule has 0 radical (unpaired) electrons. The van der Waals surface area contributed by atoms with Gasteiger partial charge in [0.15, 0.2) is 17.7 Å². The number of ether oxygens (including phenoxy) is 1. The fourth-order valence-electron chi connectivity index (χ4n) is 2.29. The summed E-state index contributed by atoms with van der Waals surface area (Å²) in [5.74, 6) is 0.218. The van der Waals surface area contributed by atoms with Crippen LogP contribution < -0.4 is 5.73 Å². The summed E-state index contributed by atoms with van der Waals surface area (Å²) in [7, 11) is -10.2. The minimum Gasteiger partial charge on any atom is -0.394 e. The van der Waals surface area contributed by atoms with E-state index in [0.717, 1.165) is 0 Å². The van der Waals surface area contributed by atoms with Gasteiger partial charge < -0.3 is 35.6 Å². The van der Waals surface area contributed by atoms with E-state index < -0.39 is 49.4 Å². The van der Waals surface area contributed by atoms with Crippen LogP contribution in [-0.4, -0.2) is 82.5 Å². The number of hydrogen-bond acceptors (Lipinski definition) is 12. The van der Waals surface area contributed by atoms with Gasteiger partial charge in [0, 0.05) is 0 Å². The van der Waals surface area contributed by atoms with Crippen LogP contribution in [0.1, 0.15) is 6.23 Å². The fourth-order valence-corrected chi connectivity index (χ4v) is 3.27. The van der Waals surface area contributed by atoms with E-state index in [1.807, 2.05) is 0 Å². The van der Waals surface area contributed by atoms with Gasteiger partial charge in [0.25, 0.3) is 0 Å². The van der Waals surface area contributed by atoms with Crippen molar-refractivity contribution in [3.8, 4) is 0 Å². The molecule has 0 spiro atoms. The lowest BCUT2D eigenvalue weighted by Gasteiger charge is -2.16. The van der Waals surface area contributed by atoms with Gasteiger partial charge in [-0.25, -0.2) is 19.5 Å². The average Bonchev–Trinajstić information content (AvgIpc) is 3.08. The van der Waals surface area contributed by atoms with Crippen LogP contribution in [0.4, 0.5) is 5.82 Å². The van der Waals surface area contributed by atoms with Gasteiger partial charge in [0.05, 0.1) is 12.9 Å². The third kappa shape index (κ3) is 5.39. The Bertz CT molecular complexity index is 977. The zero-order valence-electron chi connectivity index (χ0n) is 13.6. The summed E-state index contributed by atoms with van der Waals surface area (Å²) >= 11 is 0. The second-order valence-electron chi connectivity index (χ2n) is 5.30. The number of aliphatic hydroxyl groups is 3. The molecular weight excluding hydrogens is 429 g/mol. The first kappa shape index (κ1) is 22.5. The Morgan fingerprint density at radius 1 is 1.25 bits per heavy atom.